The number of benzene rings is 4. The third-order valence-corrected chi connectivity index (χ3v) is 12.1. The molecule has 1 unspecified atom stereocenters. The van der Waals surface area contributed by atoms with E-state index in [0.29, 0.717) is 17.8 Å². The smallest absolute Gasteiger partial charge is 0.0195 e. The second-order valence-corrected chi connectivity index (χ2v) is 27.3. The zero-order valence-corrected chi connectivity index (χ0v) is 38.3. The molecular formula is C45H59HfN2Si2-3. The van der Waals surface area contributed by atoms with Gasteiger partial charge in [0.05, 0.1) is 0 Å². The van der Waals surface area contributed by atoms with E-state index in [-0.39, 0.29) is 31.9 Å². The first-order valence-electron chi connectivity index (χ1n) is 18.2. The Kier molecular flexibility index (Phi) is 15.3. The summed E-state index contributed by atoms with van der Waals surface area (Å²) in [5.41, 5.74) is 9.10. The van der Waals surface area contributed by atoms with Gasteiger partial charge in [0.15, 0.2) is 0 Å². The van der Waals surface area contributed by atoms with Gasteiger partial charge in [-0.05, 0) is 41.1 Å². The maximum atomic E-state index is 5.61. The van der Waals surface area contributed by atoms with Crippen LogP contribution in [-0.2, 0) is 25.8 Å². The van der Waals surface area contributed by atoms with Crippen LogP contribution in [0.1, 0.15) is 93.3 Å². The van der Waals surface area contributed by atoms with E-state index >= 15 is 0 Å². The van der Waals surface area contributed by atoms with Crippen molar-refractivity contribution < 1.29 is 25.8 Å². The third kappa shape index (κ3) is 11.4. The molecule has 5 aromatic rings. The molecule has 0 aliphatic rings. The monoisotopic (exact) mass is 863 g/mol. The number of para-hydroxylation sites is 1. The fraction of sp³-hybridized carbons (Fsp3) is 0.378. The van der Waals surface area contributed by atoms with Crippen LogP contribution in [0.3, 0.4) is 0 Å². The number of hydrogen-bond donors (Lipinski definition) is 0. The van der Waals surface area contributed by atoms with E-state index in [2.05, 4.69) is 184 Å². The van der Waals surface area contributed by atoms with Gasteiger partial charge in [0.1, 0.15) is 0 Å². The summed E-state index contributed by atoms with van der Waals surface area (Å²) in [5.74, 6) is 1.11. The minimum Gasteiger partial charge on any atom is -0.673 e. The van der Waals surface area contributed by atoms with E-state index in [1.165, 1.54) is 33.7 Å². The van der Waals surface area contributed by atoms with E-state index in [1.54, 1.807) is 0 Å². The van der Waals surface area contributed by atoms with Gasteiger partial charge in [0, 0.05) is 39.6 Å². The summed E-state index contributed by atoms with van der Waals surface area (Å²) < 4.78 is 0. The van der Waals surface area contributed by atoms with Crippen LogP contribution in [-0.4, -0.2) is 21.1 Å². The first kappa shape index (κ1) is 41.8. The Morgan fingerprint density at radius 2 is 1.18 bits per heavy atom. The molecule has 5 rings (SSSR count). The standard InChI is InChI=1S/C37H38N2.C8H21Si2.Hf/c1-24(2)28-16-9-10-18-33(28)37(39-36-29(25(3)4)19-12-20-30(36)26(5)6)35-23-13-22-34(38-35)32-21-11-15-27-14-7-8-17-31(27)32;1-9(2,3)7-8-10(4,5)6;/h7-20,22-26,37H,1-6H3;7H,8H2,1-6H3;/q-2;-1;. The molecule has 0 N–H and O–H groups in total. The van der Waals surface area contributed by atoms with Crippen LogP contribution in [0.15, 0.2) is 97.1 Å². The molecule has 264 valence electrons. The molecule has 0 radical (unpaired) electrons. The van der Waals surface area contributed by atoms with Gasteiger partial charge in [0.25, 0.3) is 0 Å². The topological polar surface area (TPSA) is 27.0 Å². The predicted octanol–water partition coefficient (Wildman–Crippen LogP) is 14.3. The fourth-order valence-electron chi connectivity index (χ4n) is 6.10. The Bertz CT molecular complexity index is 1770. The molecule has 4 aromatic carbocycles. The van der Waals surface area contributed by atoms with Crippen LogP contribution in [0.25, 0.3) is 27.3 Å². The van der Waals surface area contributed by atoms with E-state index in [0.717, 1.165) is 28.0 Å². The number of aromatic nitrogens is 1. The van der Waals surface area contributed by atoms with Gasteiger partial charge in [0.2, 0.25) is 0 Å². The van der Waals surface area contributed by atoms with E-state index in [4.69, 9.17) is 10.3 Å². The van der Waals surface area contributed by atoms with Crippen molar-refractivity contribution in [3.63, 3.8) is 0 Å². The SMILES string of the molecule is CC(C)c1ccccc1C([N-]c1c(C(C)C)cccc1C(C)C)c1cccc(-c2[c-]ccc3ccccc23)n1.C[Si](C)(C)[CH-]C[Si](C)(C)C.[Hf]. The van der Waals surface area contributed by atoms with Gasteiger partial charge in [-0.2, -0.15) is 6.04 Å². The van der Waals surface area contributed by atoms with Crippen LogP contribution in [0.4, 0.5) is 5.69 Å². The van der Waals surface area contributed by atoms with Crippen LogP contribution < -0.4 is 0 Å². The molecule has 1 heterocycles. The first-order chi connectivity index (χ1) is 23.1. The van der Waals surface area contributed by atoms with Crippen LogP contribution in [0, 0.1) is 12.1 Å². The molecule has 0 saturated carbocycles. The van der Waals surface area contributed by atoms with Crippen molar-refractivity contribution in [1.82, 2.24) is 4.98 Å². The number of hydrogen-bond acceptors (Lipinski definition) is 1. The van der Waals surface area contributed by atoms with Gasteiger partial charge >= 0.3 is 0 Å². The van der Waals surface area contributed by atoms with Crippen molar-refractivity contribution >= 4 is 32.6 Å². The molecule has 0 amide bonds. The molecule has 2 nitrogen and oxygen atoms in total. The largest absolute Gasteiger partial charge is 0.673 e. The van der Waals surface area contributed by atoms with Gasteiger partial charge in [-0.3, -0.25) is 0 Å². The normalized spacial score (nSPS) is 12.5. The number of fused-ring (bicyclic) bond motifs is 1. The Morgan fingerprint density at radius 1 is 0.640 bits per heavy atom. The maximum Gasteiger partial charge on any atom is 0.0195 e. The summed E-state index contributed by atoms with van der Waals surface area (Å²) in [4.78, 5) is 5.29. The molecule has 0 aliphatic heterocycles. The molecule has 0 bridgehead atoms. The summed E-state index contributed by atoms with van der Waals surface area (Å²) >= 11 is 0. The van der Waals surface area contributed by atoms with Crippen LogP contribution in [0.5, 0.6) is 0 Å². The molecule has 0 saturated heterocycles. The minimum atomic E-state index is -0.857. The zero-order chi connectivity index (χ0) is 35.9. The average molecular weight is 863 g/mol. The summed E-state index contributed by atoms with van der Waals surface area (Å²) in [6, 6.07) is 41.5. The summed E-state index contributed by atoms with van der Waals surface area (Å²) in [5, 5.41) is 7.96. The van der Waals surface area contributed by atoms with Gasteiger partial charge < -0.3 is 16.3 Å². The fourth-order valence-corrected chi connectivity index (χ4v) is 11.0. The van der Waals surface area contributed by atoms with Gasteiger partial charge in [-0.15, -0.1) is 42.9 Å². The van der Waals surface area contributed by atoms with E-state index < -0.39 is 16.1 Å². The third-order valence-electron chi connectivity index (χ3n) is 8.87. The first-order valence-corrected chi connectivity index (χ1v) is 25.5. The van der Waals surface area contributed by atoms with Crippen molar-refractivity contribution in [2.75, 3.05) is 0 Å². The van der Waals surface area contributed by atoms with Crippen molar-refractivity contribution in [2.45, 2.75) is 111 Å². The predicted molar refractivity (Wildman–Crippen MR) is 222 cm³/mol. The second-order valence-electron chi connectivity index (χ2n) is 16.6. The van der Waals surface area contributed by atoms with Crippen molar-refractivity contribution in [3.8, 4) is 11.3 Å². The van der Waals surface area contributed by atoms with Crippen molar-refractivity contribution in [1.29, 1.82) is 0 Å². The molecule has 1 atom stereocenters. The Morgan fingerprint density at radius 3 is 1.74 bits per heavy atom. The van der Waals surface area contributed by atoms with Crippen LogP contribution in [0.2, 0.25) is 45.3 Å². The summed E-state index contributed by atoms with van der Waals surface area (Å²) in [6.45, 7) is 28.1. The van der Waals surface area contributed by atoms with E-state index in [9.17, 15) is 0 Å². The van der Waals surface area contributed by atoms with Gasteiger partial charge in [-0.25, -0.2) is 0 Å². The van der Waals surface area contributed by atoms with Crippen molar-refractivity contribution in [2.24, 2.45) is 0 Å². The molecule has 5 heteroatoms. The molecule has 1 aromatic heterocycles. The Labute approximate surface area is 325 Å². The zero-order valence-electron chi connectivity index (χ0n) is 32.7. The van der Waals surface area contributed by atoms with Gasteiger partial charge in [-0.1, -0.05) is 182 Å². The number of nitrogens with zero attached hydrogens (tertiary/aromatic N) is 2. The molecule has 50 heavy (non-hydrogen) atoms. The second kappa shape index (κ2) is 18.2. The molecule has 0 aliphatic carbocycles. The number of rotatable bonds is 11. The maximum absolute atomic E-state index is 5.61. The summed E-state index contributed by atoms with van der Waals surface area (Å²) in [6.07, 6.45) is 0. The quantitative estimate of drug-likeness (QED) is 0.0960. The number of pyridine rings is 1. The molecular weight excluding hydrogens is 803 g/mol. The minimum absolute atomic E-state index is 0. The van der Waals surface area contributed by atoms with E-state index in [1.807, 2.05) is 6.07 Å². The Balaban J connectivity index is 0.000000537. The van der Waals surface area contributed by atoms with Crippen LogP contribution >= 0.6 is 0 Å². The average Bonchev–Trinajstić information content (AvgIpc) is 3.05. The molecule has 0 spiro atoms. The summed E-state index contributed by atoms with van der Waals surface area (Å²) in [7, 11) is -1.65. The van der Waals surface area contributed by atoms with Crippen molar-refractivity contribution in [3.05, 3.63) is 142 Å². The molecule has 0 fully saturated rings. The Hall–Kier alpha value is -2.61.